The number of aryl methyl sites for hydroxylation is 1. The molecule has 1 aromatic heterocycles. The van der Waals surface area contributed by atoms with Crippen LogP contribution in [0.2, 0.25) is 0 Å². The molecule has 0 saturated carbocycles. The van der Waals surface area contributed by atoms with Gasteiger partial charge in [-0.3, -0.25) is 4.98 Å². The van der Waals surface area contributed by atoms with Crippen molar-refractivity contribution in [2.24, 2.45) is 0 Å². The van der Waals surface area contributed by atoms with Gasteiger partial charge < -0.3 is 11.1 Å². The molecule has 108 valence electrons. The first-order chi connectivity index (χ1) is 9.72. The predicted octanol–water partition coefficient (Wildman–Crippen LogP) is 4.07. The Balaban J connectivity index is 2.03. The number of rotatable bonds is 7. The lowest BCUT2D eigenvalue weighted by atomic mass is 10.1. The molecule has 2 rings (SSSR count). The number of nitrogens with two attached hydrogens (primary N) is 1. The molecule has 0 aliphatic rings. The average molecular weight is 289 g/mol. The summed E-state index contributed by atoms with van der Waals surface area (Å²) in [4.78, 5) is 4.33. The first kappa shape index (κ1) is 15.0. The Hall–Kier alpha value is -1.42. The number of benzene rings is 1. The van der Waals surface area contributed by atoms with Gasteiger partial charge in [-0.15, -0.1) is 0 Å². The third-order valence-electron chi connectivity index (χ3n) is 3.41. The number of aromatic nitrogens is 1. The van der Waals surface area contributed by atoms with E-state index in [0.29, 0.717) is 0 Å². The predicted molar refractivity (Wildman–Crippen MR) is 91.6 cm³/mol. The SMILES string of the molecule is CSCCCCCNc1ccc(N)c2cnc(C)cc12. The molecule has 0 spiro atoms. The van der Waals surface area contributed by atoms with Crippen LogP contribution in [0.3, 0.4) is 0 Å². The molecule has 0 unspecified atom stereocenters. The van der Waals surface area contributed by atoms with Crippen LogP contribution in [-0.4, -0.2) is 23.5 Å². The molecule has 0 atom stereocenters. The van der Waals surface area contributed by atoms with Crippen molar-refractivity contribution in [2.75, 3.05) is 29.6 Å². The zero-order chi connectivity index (χ0) is 14.4. The van der Waals surface area contributed by atoms with E-state index in [9.17, 15) is 0 Å². The summed E-state index contributed by atoms with van der Waals surface area (Å²) in [6.45, 7) is 3.02. The number of nitrogens with one attached hydrogen (secondary N) is 1. The van der Waals surface area contributed by atoms with Crippen LogP contribution in [0.1, 0.15) is 25.0 Å². The smallest absolute Gasteiger partial charge is 0.0422 e. The summed E-state index contributed by atoms with van der Waals surface area (Å²) in [5, 5.41) is 5.73. The van der Waals surface area contributed by atoms with E-state index >= 15 is 0 Å². The molecule has 20 heavy (non-hydrogen) atoms. The molecule has 0 radical (unpaired) electrons. The minimum Gasteiger partial charge on any atom is -0.398 e. The topological polar surface area (TPSA) is 50.9 Å². The molecule has 2 aromatic rings. The van der Waals surface area contributed by atoms with Gasteiger partial charge in [0.25, 0.3) is 0 Å². The number of nitrogens with zero attached hydrogens (tertiary/aromatic N) is 1. The van der Waals surface area contributed by atoms with E-state index in [1.54, 1.807) is 0 Å². The van der Waals surface area contributed by atoms with Gasteiger partial charge in [-0.1, -0.05) is 6.42 Å². The molecule has 0 amide bonds. The Labute approximate surface area is 125 Å². The quantitative estimate of drug-likeness (QED) is 0.596. The van der Waals surface area contributed by atoms with Crippen LogP contribution in [0.5, 0.6) is 0 Å². The molecule has 1 heterocycles. The van der Waals surface area contributed by atoms with Crippen LogP contribution >= 0.6 is 11.8 Å². The van der Waals surface area contributed by atoms with Gasteiger partial charge >= 0.3 is 0 Å². The zero-order valence-electron chi connectivity index (χ0n) is 12.3. The van der Waals surface area contributed by atoms with E-state index in [-0.39, 0.29) is 0 Å². The van der Waals surface area contributed by atoms with Crippen molar-refractivity contribution in [1.82, 2.24) is 4.98 Å². The lowest BCUT2D eigenvalue weighted by molar-refractivity contribution is 0.750. The van der Waals surface area contributed by atoms with Gasteiger partial charge in [0.15, 0.2) is 0 Å². The number of pyridine rings is 1. The van der Waals surface area contributed by atoms with Gasteiger partial charge in [-0.25, -0.2) is 0 Å². The third kappa shape index (κ3) is 3.79. The van der Waals surface area contributed by atoms with Crippen LogP contribution in [0, 0.1) is 6.92 Å². The van der Waals surface area contributed by atoms with Crippen LogP contribution in [0.15, 0.2) is 24.4 Å². The number of hydrogen-bond donors (Lipinski definition) is 2. The summed E-state index contributed by atoms with van der Waals surface area (Å²) in [5.74, 6) is 1.26. The summed E-state index contributed by atoms with van der Waals surface area (Å²) >= 11 is 1.92. The lowest BCUT2D eigenvalue weighted by Crippen LogP contribution is -2.03. The first-order valence-electron chi connectivity index (χ1n) is 7.10. The Morgan fingerprint density at radius 3 is 2.85 bits per heavy atom. The average Bonchev–Trinajstić information content (AvgIpc) is 2.45. The Bertz CT molecular complexity index is 569. The summed E-state index contributed by atoms with van der Waals surface area (Å²) in [5.41, 5.74) is 8.98. The highest BCUT2D eigenvalue weighted by Crippen LogP contribution is 2.28. The molecule has 0 bridgehead atoms. The molecule has 3 nitrogen and oxygen atoms in total. The largest absolute Gasteiger partial charge is 0.398 e. The standard InChI is InChI=1S/C16H23N3S/c1-12-10-13-14(11-19-12)15(17)6-7-16(13)18-8-4-3-5-9-20-2/h6-7,10-11,18H,3-5,8-9,17H2,1-2H3. The summed E-state index contributed by atoms with van der Waals surface area (Å²) in [6, 6.07) is 6.12. The molecular weight excluding hydrogens is 266 g/mol. The fourth-order valence-corrected chi connectivity index (χ4v) is 2.78. The van der Waals surface area contributed by atoms with E-state index in [4.69, 9.17) is 5.73 Å². The highest BCUT2D eigenvalue weighted by molar-refractivity contribution is 7.98. The highest BCUT2D eigenvalue weighted by Gasteiger charge is 2.04. The van der Waals surface area contributed by atoms with Crippen molar-refractivity contribution in [3.8, 4) is 0 Å². The van der Waals surface area contributed by atoms with Crippen LogP contribution in [0.4, 0.5) is 11.4 Å². The summed E-state index contributed by atoms with van der Waals surface area (Å²) in [6.07, 6.45) is 7.81. The van der Waals surface area contributed by atoms with E-state index in [1.165, 1.54) is 30.4 Å². The molecule has 1 aromatic carbocycles. The molecule has 0 fully saturated rings. The van der Waals surface area contributed by atoms with Gasteiger partial charge in [-0.05, 0) is 50.0 Å². The summed E-state index contributed by atoms with van der Waals surface area (Å²) in [7, 11) is 0. The van der Waals surface area contributed by atoms with Crippen molar-refractivity contribution in [2.45, 2.75) is 26.2 Å². The minimum atomic E-state index is 0.790. The maximum absolute atomic E-state index is 6.01. The van der Waals surface area contributed by atoms with E-state index in [0.717, 1.165) is 29.0 Å². The maximum Gasteiger partial charge on any atom is 0.0422 e. The Morgan fingerprint density at radius 2 is 2.05 bits per heavy atom. The molecule has 0 saturated heterocycles. The fraction of sp³-hybridized carbons (Fsp3) is 0.438. The molecular formula is C16H23N3S. The molecule has 3 N–H and O–H groups in total. The van der Waals surface area contributed by atoms with Gasteiger partial charge in [0.05, 0.1) is 0 Å². The second-order valence-electron chi connectivity index (χ2n) is 5.05. The van der Waals surface area contributed by atoms with Crippen molar-refractivity contribution in [1.29, 1.82) is 0 Å². The normalized spacial score (nSPS) is 10.9. The van der Waals surface area contributed by atoms with Gasteiger partial charge in [0.1, 0.15) is 0 Å². The van der Waals surface area contributed by atoms with Crippen molar-refractivity contribution >= 4 is 33.9 Å². The van der Waals surface area contributed by atoms with Crippen LogP contribution in [0.25, 0.3) is 10.8 Å². The lowest BCUT2D eigenvalue weighted by Gasteiger charge is -2.11. The molecule has 0 aliphatic carbocycles. The van der Waals surface area contributed by atoms with Crippen molar-refractivity contribution in [3.05, 3.63) is 30.1 Å². The van der Waals surface area contributed by atoms with Gasteiger partial charge in [-0.2, -0.15) is 11.8 Å². The third-order valence-corrected chi connectivity index (χ3v) is 4.11. The number of anilines is 2. The number of hydrogen-bond acceptors (Lipinski definition) is 4. The second kappa shape index (κ2) is 7.39. The van der Waals surface area contributed by atoms with E-state index in [1.807, 2.05) is 30.9 Å². The van der Waals surface area contributed by atoms with Crippen LogP contribution < -0.4 is 11.1 Å². The number of unbranched alkanes of at least 4 members (excludes halogenated alkanes) is 2. The van der Waals surface area contributed by atoms with E-state index in [2.05, 4.69) is 28.7 Å². The number of fused-ring (bicyclic) bond motifs is 1. The monoisotopic (exact) mass is 289 g/mol. The van der Waals surface area contributed by atoms with Crippen molar-refractivity contribution in [3.63, 3.8) is 0 Å². The minimum absolute atomic E-state index is 0.790. The number of nitrogen functional groups attached to an aromatic ring is 1. The first-order valence-corrected chi connectivity index (χ1v) is 8.49. The summed E-state index contributed by atoms with van der Waals surface area (Å²) < 4.78 is 0. The fourth-order valence-electron chi connectivity index (χ4n) is 2.29. The number of thioether (sulfide) groups is 1. The van der Waals surface area contributed by atoms with Crippen LogP contribution in [-0.2, 0) is 0 Å². The highest BCUT2D eigenvalue weighted by atomic mass is 32.2. The molecule has 4 heteroatoms. The second-order valence-corrected chi connectivity index (χ2v) is 6.04. The van der Waals surface area contributed by atoms with Gasteiger partial charge in [0, 0.05) is 40.6 Å². The van der Waals surface area contributed by atoms with Gasteiger partial charge in [0.2, 0.25) is 0 Å². The Kier molecular flexibility index (Phi) is 5.53. The molecule has 0 aliphatic heterocycles. The maximum atomic E-state index is 6.01. The Morgan fingerprint density at radius 1 is 1.20 bits per heavy atom. The zero-order valence-corrected chi connectivity index (χ0v) is 13.1. The van der Waals surface area contributed by atoms with Crippen molar-refractivity contribution < 1.29 is 0 Å². The van der Waals surface area contributed by atoms with E-state index < -0.39 is 0 Å².